The topological polar surface area (TPSA) is 71.8 Å². The molecule has 0 bridgehead atoms. The summed E-state index contributed by atoms with van der Waals surface area (Å²) in [5.74, 6) is 1.00. The van der Waals surface area contributed by atoms with Crippen molar-refractivity contribution in [3.8, 4) is 0 Å². The Kier molecular flexibility index (Phi) is 5.69. The van der Waals surface area contributed by atoms with Crippen LogP contribution in [0.3, 0.4) is 0 Å². The number of quaternary nitrogens is 1. The number of likely N-dealkylation sites (N-methyl/N-ethyl adjacent to an activating group) is 1. The quantitative estimate of drug-likeness (QED) is 0.710. The molecule has 4 heterocycles. The van der Waals surface area contributed by atoms with Crippen LogP contribution in [0.4, 0.5) is 5.95 Å². The highest BCUT2D eigenvalue weighted by Crippen LogP contribution is 2.24. The Morgan fingerprint density at radius 2 is 2.16 bits per heavy atom. The first kappa shape index (κ1) is 21.1. The van der Waals surface area contributed by atoms with Gasteiger partial charge in [0, 0.05) is 30.1 Å². The molecule has 0 spiro atoms. The molecule has 2 aromatic heterocycles. The monoisotopic (exact) mass is 433 g/mol. The lowest BCUT2D eigenvalue weighted by Crippen LogP contribution is -2.45. The van der Waals surface area contributed by atoms with Gasteiger partial charge in [-0.15, -0.1) is 0 Å². The SMILES string of the molecule is C[N+]1(C)CCC=C(Nc2ncc3cc(C4=CCCC=C4)c(=O)n(CC4CCNC4)c3n2)C1. The second-order valence-electron chi connectivity index (χ2n) is 9.90. The third kappa shape index (κ3) is 4.40. The van der Waals surface area contributed by atoms with Crippen LogP contribution < -0.4 is 16.2 Å². The maximum Gasteiger partial charge on any atom is 0.260 e. The van der Waals surface area contributed by atoms with Gasteiger partial charge in [0.25, 0.3) is 5.56 Å². The minimum Gasteiger partial charge on any atom is -0.323 e. The molecule has 0 amide bonds. The molecule has 1 saturated heterocycles. The number of rotatable bonds is 5. The van der Waals surface area contributed by atoms with Gasteiger partial charge in [-0.05, 0) is 49.9 Å². The lowest BCUT2D eigenvalue weighted by molar-refractivity contribution is -0.886. The summed E-state index contributed by atoms with van der Waals surface area (Å²) in [6, 6.07) is 1.96. The Morgan fingerprint density at radius 1 is 1.25 bits per heavy atom. The first-order chi connectivity index (χ1) is 15.5. The Balaban J connectivity index is 1.56. The second-order valence-corrected chi connectivity index (χ2v) is 9.90. The van der Waals surface area contributed by atoms with Crippen LogP contribution in [-0.2, 0) is 6.54 Å². The summed E-state index contributed by atoms with van der Waals surface area (Å²) in [6.07, 6.45) is 14.6. The smallest absolute Gasteiger partial charge is 0.260 e. The zero-order chi connectivity index (χ0) is 22.1. The Bertz CT molecular complexity index is 1170. The first-order valence-electron chi connectivity index (χ1n) is 11.7. The van der Waals surface area contributed by atoms with E-state index in [1.54, 1.807) is 0 Å². The van der Waals surface area contributed by atoms with Gasteiger partial charge in [0.2, 0.25) is 5.95 Å². The lowest BCUT2D eigenvalue weighted by Gasteiger charge is -2.33. The predicted octanol–water partition coefficient (Wildman–Crippen LogP) is 2.91. The molecule has 1 unspecified atom stereocenters. The van der Waals surface area contributed by atoms with Gasteiger partial charge < -0.3 is 15.1 Å². The van der Waals surface area contributed by atoms with Crippen molar-refractivity contribution in [1.82, 2.24) is 19.9 Å². The van der Waals surface area contributed by atoms with Crippen molar-refractivity contribution < 1.29 is 4.48 Å². The fourth-order valence-electron chi connectivity index (χ4n) is 4.96. The molecule has 2 aliphatic heterocycles. The average molecular weight is 434 g/mol. The molecule has 2 aromatic rings. The third-order valence-electron chi connectivity index (χ3n) is 6.73. The first-order valence-corrected chi connectivity index (χ1v) is 11.7. The summed E-state index contributed by atoms with van der Waals surface area (Å²) in [6.45, 7) is 4.68. The number of aromatic nitrogens is 3. The van der Waals surface area contributed by atoms with E-state index in [1.165, 1.54) is 0 Å². The summed E-state index contributed by atoms with van der Waals surface area (Å²) in [5.41, 5.74) is 3.66. The van der Waals surface area contributed by atoms with Gasteiger partial charge in [-0.1, -0.05) is 24.3 Å². The molecule has 5 rings (SSSR count). The highest BCUT2D eigenvalue weighted by Gasteiger charge is 2.23. The lowest BCUT2D eigenvalue weighted by atomic mass is 9.99. The van der Waals surface area contributed by atoms with E-state index in [9.17, 15) is 4.79 Å². The molecule has 1 aliphatic carbocycles. The van der Waals surface area contributed by atoms with E-state index >= 15 is 0 Å². The van der Waals surface area contributed by atoms with Gasteiger partial charge in [-0.25, -0.2) is 4.98 Å². The minimum absolute atomic E-state index is 0.0431. The van der Waals surface area contributed by atoms with Crippen LogP contribution in [-0.4, -0.2) is 59.3 Å². The van der Waals surface area contributed by atoms with Gasteiger partial charge in [0.1, 0.15) is 12.2 Å². The molecule has 7 heteroatoms. The molecule has 3 aliphatic rings. The van der Waals surface area contributed by atoms with Crippen molar-refractivity contribution >= 4 is 22.6 Å². The number of pyridine rings is 1. The fraction of sp³-hybridized carbons (Fsp3) is 0.480. The van der Waals surface area contributed by atoms with Crippen LogP contribution in [0.25, 0.3) is 16.6 Å². The van der Waals surface area contributed by atoms with Gasteiger partial charge in [-0.2, -0.15) is 4.98 Å². The van der Waals surface area contributed by atoms with E-state index < -0.39 is 0 Å². The van der Waals surface area contributed by atoms with Crippen molar-refractivity contribution in [3.05, 3.63) is 58.2 Å². The molecule has 0 saturated carbocycles. The molecule has 32 heavy (non-hydrogen) atoms. The van der Waals surface area contributed by atoms with E-state index in [1.807, 2.05) is 16.8 Å². The largest absolute Gasteiger partial charge is 0.323 e. The Labute approximate surface area is 189 Å². The van der Waals surface area contributed by atoms with Crippen LogP contribution in [0.1, 0.15) is 31.2 Å². The standard InChI is InChI=1S/C25H32N6O/c1-31(2)12-6-9-21(17-31)28-25-27-15-20-13-22(19-7-4-3-5-8-19)24(32)30(23(20)29-25)16-18-10-11-26-14-18/h4,7-9,13,15,18,26H,3,5-6,10-12,14,16-17H2,1-2H3/p+1. The zero-order valence-electron chi connectivity index (χ0n) is 19.1. The summed E-state index contributed by atoms with van der Waals surface area (Å²) < 4.78 is 2.82. The second kappa shape index (κ2) is 8.64. The maximum absolute atomic E-state index is 13.6. The number of anilines is 1. The number of hydrogen-bond acceptors (Lipinski definition) is 5. The molecule has 0 aromatic carbocycles. The molecule has 168 valence electrons. The summed E-state index contributed by atoms with van der Waals surface area (Å²) in [4.78, 5) is 23.1. The molecule has 7 nitrogen and oxygen atoms in total. The van der Waals surface area contributed by atoms with Crippen molar-refractivity contribution in [1.29, 1.82) is 0 Å². The molecule has 1 fully saturated rings. The average Bonchev–Trinajstić information content (AvgIpc) is 3.29. The summed E-state index contributed by atoms with van der Waals surface area (Å²) in [7, 11) is 4.47. The fourth-order valence-corrected chi connectivity index (χ4v) is 4.96. The minimum atomic E-state index is 0.0431. The predicted molar refractivity (Wildman–Crippen MR) is 129 cm³/mol. The molecule has 1 atom stereocenters. The number of hydrogen-bond donors (Lipinski definition) is 2. The van der Waals surface area contributed by atoms with Crippen LogP contribution >= 0.6 is 0 Å². The van der Waals surface area contributed by atoms with Crippen molar-refractivity contribution in [2.45, 2.75) is 32.2 Å². The van der Waals surface area contributed by atoms with Gasteiger partial charge >= 0.3 is 0 Å². The van der Waals surface area contributed by atoms with Gasteiger partial charge in [0.15, 0.2) is 0 Å². The summed E-state index contributed by atoms with van der Waals surface area (Å²) in [5, 5.41) is 7.75. The Hall–Kier alpha value is -2.77. The van der Waals surface area contributed by atoms with Gasteiger partial charge in [-0.3, -0.25) is 9.36 Å². The molecule has 0 radical (unpaired) electrons. The van der Waals surface area contributed by atoms with Crippen molar-refractivity contribution in [3.63, 3.8) is 0 Å². The van der Waals surface area contributed by atoms with Crippen LogP contribution in [0.15, 0.2) is 47.1 Å². The molecular weight excluding hydrogens is 400 g/mol. The van der Waals surface area contributed by atoms with E-state index in [4.69, 9.17) is 4.98 Å². The van der Waals surface area contributed by atoms with Crippen molar-refractivity contribution in [2.75, 3.05) is 45.6 Å². The van der Waals surface area contributed by atoms with Gasteiger partial charge in [0.05, 0.1) is 26.3 Å². The van der Waals surface area contributed by atoms with E-state index in [0.29, 0.717) is 24.1 Å². The molecular formula is C25H33N6O+. The zero-order valence-corrected chi connectivity index (χ0v) is 19.1. The van der Waals surface area contributed by atoms with E-state index in [2.05, 4.69) is 54.0 Å². The van der Waals surface area contributed by atoms with Crippen LogP contribution in [0.2, 0.25) is 0 Å². The van der Waals surface area contributed by atoms with Crippen LogP contribution in [0.5, 0.6) is 0 Å². The Morgan fingerprint density at radius 3 is 2.91 bits per heavy atom. The normalized spacial score (nSPS) is 22.6. The number of nitrogens with zero attached hydrogens (tertiary/aromatic N) is 4. The number of fused-ring (bicyclic) bond motifs is 1. The summed E-state index contributed by atoms with van der Waals surface area (Å²) >= 11 is 0. The van der Waals surface area contributed by atoms with E-state index in [-0.39, 0.29) is 5.56 Å². The molecule has 2 N–H and O–H groups in total. The van der Waals surface area contributed by atoms with Crippen LogP contribution in [0, 0.1) is 5.92 Å². The van der Waals surface area contributed by atoms with Crippen molar-refractivity contribution in [2.24, 2.45) is 5.92 Å². The third-order valence-corrected chi connectivity index (χ3v) is 6.73. The highest BCUT2D eigenvalue weighted by molar-refractivity contribution is 5.83. The van der Waals surface area contributed by atoms with E-state index in [0.717, 1.165) is 78.6 Å². The maximum atomic E-state index is 13.6. The number of nitrogens with one attached hydrogen (secondary N) is 2. The number of allylic oxidation sites excluding steroid dienone is 4. The highest BCUT2D eigenvalue weighted by atomic mass is 16.1.